The Hall–Kier alpha value is -2.25. The summed E-state index contributed by atoms with van der Waals surface area (Å²) in [6, 6.07) is 5.67. The molecule has 0 N–H and O–H groups in total. The first kappa shape index (κ1) is 19.1. The molecule has 2 aliphatic heterocycles. The topological polar surface area (TPSA) is 43.2 Å². The predicted molar refractivity (Wildman–Crippen MR) is 99.6 cm³/mol. The molecular formula is C19H13Cl2F3N2O2. The van der Waals surface area contributed by atoms with Crippen molar-refractivity contribution >= 4 is 35.5 Å². The fourth-order valence-electron chi connectivity index (χ4n) is 3.25. The molecule has 0 saturated carbocycles. The van der Waals surface area contributed by atoms with E-state index in [1.165, 1.54) is 0 Å². The molecular weight excluding hydrogens is 416 g/mol. The van der Waals surface area contributed by atoms with E-state index in [2.05, 4.69) is 9.98 Å². The van der Waals surface area contributed by atoms with Gasteiger partial charge >= 0.3 is 0 Å². The molecule has 146 valence electrons. The van der Waals surface area contributed by atoms with Crippen molar-refractivity contribution in [2.24, 2.45) is 9.98 Å². The van der Waals surface area contributed by atoms with Crippen molar-refractivity contribution in [3.05, 3.63) is 69.0 Å². The first-order valence-corrected chi connectivity index (χ1v) is 9.12. The summed E-state index contributed by atoms with van der Waals surface area (Å²) in [6.07, 6.45) is -0.322. The van der Waals surface area contributed by atoms with Gasteiger partial charge in [0.1, 0.15) is 12.1 Å². The van der Waals surface area contributed by atoms with Crippen LogP contribution in [0.2, 0.25) is 10.0 Å². The van der Waals surface area contributed by atoms with Crippen molar-refractivity contribution in [2.45, 2.75) is 31.2 Å². The molecule has 2 heterocycles. The van der Waals surface area contributed by atoms with Crippen LogP contribution < -0.4 is 0 Å². The lowest BCUT2D eigenvalue weighted by molar-refractivity contribution is 0.159. The summed E-state index contributed by atoms with van der Waals surface area (Å²) in [5.74, 6) is -4.00. The maximum absolute atomic E-state index is 14.2. The van der Waals surface area contributed by atoms with Crippen LogP contribution >= 0.6 is 23.2 Å². The van der Waals surface area contributed by atoms with Crippen molar-refractivity contribution in [2.75, 3.05) is 0 Å². The highest BCUT2D eigenvalue weighted by atomic mass is 35.5. The Morgan fingerprint density at radius 1 is 0.964 bits per heavy atom. The maximum atomic E-state index is 14.2. The Morgan fingerprint density at radius 2 is 1.75 bits per heavy atom. The number of rotatable bonds is 3. The van der Waals surface area contributed by atoms with Crippen molar-refractivity contribution < 1.29 is 22.6 Å². The highest BCUT2D eigenvalue weighted by Crippen LogP contribution is 2.39. The summed E-state index contributed by atoms with van der Waals surface area (Å²) in [5.41, 5.74) is 0.496. The summed E-state index contributed by atoms with van der Waals surface area (Å²) < 4.78 is 52.5. The van der Waals surface area contributed by atoms with E-state index >= 15 is 0 Å². The molecule has 4 nitrogen and oxygen atoms in total. The molecule has 0 radical (unpaired) electrons. The second-order valence-electron chi connectivity index (χ2n) is 6.43. The van der Waals surface area contributed by atoms with Crippen LogP contribution in [0.25, 0.3) is 0 Å². The van der Waals surface area contributed by atoms with Gasteiger partial charge in [0, 0.05) is 21.2 Å². The average molecular weight is 429 g/mol. The third-order valence-corrected chi connectivity index (χ3v) is 5.20. The molecule has 9 heteroatoms. The van der Waals surface area contributed by atoms with Gasteiger partial charge < -0.3 is 9.47 Å². The van der Waals surface area contributed by atoms with Gasteiger partial charge in [0.05, 0.1) is 6.04 Å². The third-order valence-electron chi connectivity index (χ3n) is 4.62. The van der Waals surface area contributed by atoms with Gasteiger partial charge in [-0.25, -0.2) is 23.2 Å². The zero-order chi connectivity index (χ0) is 20.0. The van der Waals surface area contributed by atoms with Crippen LogP contribution in [0.15, 0.2) is 40.3 Å². The third kappa shape index (κ3) is 3.22. The molecule has 4 unspecified atom stereocenters. The van der Waals surface area contributed by atoms with E-state index in [4.69, 9.17) is 32.7 Å². The minimum absolute atomic E-state index is 0.152. The standard InChI is InChI=1S/C19H13Cl2F3N2O2/c1-8-17(11-6-9(20)2-4-12(11)21)28-19(26-8)18-16(25-7-27-18)10-3-5-13(22)15(24)14(10)23/h2-8,16-18H,1H3. The quantitative estimate of drug-likeness (QED) is 0.611. The van der Waals surface area contributed by atoms with Gasteiger partial charge in [-0.2, -0.15) is 0 Å². The van der Waals surface area contributed by atoms with Gasteiger partial charge in [0.2, 0.25) is 12.0 Å². The Bertz CT molecular complexity index is 999. The number of hydrogen-bond donors (Lipinski definition) is 0. The van der Waals surface area contributed by atoms with Crippen LogP contribution in [0.4, 0.5) is 13.2 Å². The molecule has 2 aromatic carbocycles. The average Bonchev–Trinajstić information content (AvgIpc) is 3.28. The monoisotopic (exact) mass is 428 g/mol. The molecule has 0 aliphatic carbocycles. The zero-order valence-corrected chi connectivity index (χ0v) is 15.9. The van der Waals surface area contributed by atoms with Crippen LogP contribution in [0, 0.1) is 17.5 Å². The van der Waals surface area contributed by atoms with E-state index in [-0.39, 0.29) is 17.5 Å². The van der Waals surface area contributed by atoms with E-state index in [1.807, 2.05) is 6.92 Å². The molecule has 2 aromatic rings. The summed E-state index contributed by atoms with van der Waals surface area (Å²) in [6.45, 7) is 1.82. The van der Waals surface area contributed by atoms with Gasteiger partial charge in [0.25, 0.3) is 0 Å². The van der Waals surface area contributed by atoms with Crippen LogP contribution in [0.5, 0.6) is 0 Å². The minimum Gasteiger partial charge on any atom is -0.468 e. The normalized spacial score (nSPS) is 26.1. The first-order chi connectivity index (χ1) is 13.4. The first-order valence-electron chi connectivity index (χ1n) is 8.36. The van der Waals surface area contributed by atoms with Crippen LogP contribution in [0.3, 0.4) is 0 Å². The number of halogens is 5. The van der Waals surface area contributed by atoms with Crippen molar-refractivity contribution in [3.8, 4) is 0 Å². The molecule has 0 saturated heterocycles. The Labute approximate surface area is 168 Å². The lowest BCUT2D eigenvalue weighted by atomic mass is 10.0. The van der Waals surface area contributed by atoms with Gasteiger partial charge in [-0.15, -0.1) is 0 Å². The number of ether oxygens (including phenoxy) is 2. The van der Waals surface area contributed by atoms with Gasteiger partial charge in [-0.3, -0.25) is 0 Å². The predicted octanol–water partition coefficient (Wildman–Crippen LogP) is 5.44. The maximum Gasteiger partial charge on any atom is 0.229 e. The molecule has 0 amide bonds. The van der Waals surface area contributed by atoms with E-state index in [1.54, 1.807) is 18.2 Å². The van der Waals surface area contributed by atoms with Gasteiger partial charge in [-0.05, 0) is 31.2 Å². The van der Waals surface area contributed by atoms with E-state index in [9.17, 15) is 13.2 Å². The Balaban J connectivity index is 1.62. The summed E-state index contributed by atoms with van der Waals surface area (Å²) in [4.78, 5) is 8.48. The van der Waals surface area contributed by atoms with Crippen LogP contribution in [-0.4, -0.2) is 24.4 Å². The van der Waals surface area contributed by atoms with E-state index < -0.39 is 35.7 Å². The van der Waals surface area contributed by atoms with Crippen molar-refractivity contribution in [3.63, 3.8) is 0 Å². The second-order valence-corrected chi connectivity index (χ2v) is 7.28. The zero-order valence-electron chi connectivity index (χ0n) is 14.4. The van der Waals surface area contributed by atoms with Crippen molar-refractivity contribution in [1.82, 2.24) is 0 Å². The fourth-order valence-corrected chi connectivity index (χ4v) is 3.65. The molecule has 0 spiro atoms. The fraction of sp³-hybridized carbons (Fsp3) is 0.263. The lowest BCUT2D eigenvalue weighted by Gasteiger charge is -2.21. The summed E-state index contributed by atoms with van der Waals surface area (Å²) in [5, 5.41) is 0.954. The Kier molecular flexibility index (Phi) is 4.97. The minimum atomic E-state index is -1.57. The SMILES string of the molecule is CC1N=C(C2OC=NC2c2ccc(F)c(F)c2F)OC1c1cc(Cl)ccc1Cl. The largest absolute Gasteiger partial charge is 0.468 e. The van der Waals surface area contributed by atoms with Crippen molar-refractivity contribution in [1.29, 1.82) is 0 Å². The molecule has 4 atom stereocenters. The smallest absolute Gasteiger partial charge is 0.229 e. The Morgan fingerprint density at radius 3 is 2.54 bits per heavy atom. The molecule has 0 aromatic heterocycles. The van der Waals surface area contributed by atoms with E-state index in [0.717, 1.165) is 18.5 Å². The number of hydrogen-bond acceptors (Lipinski definition) is 4. The number of benzene rings is 2. The second kappa shape index (κ2) is 7.29. The molecule has 2 aliphatic rings. The van der Waals surface area contributed by atoms with Crippen LogP contribution in [-0.2, 0) is 9.47 Å². The molecule has 28 heavy (non-hydrogen) atoms. The number of aliphatic imine (C=N–C) groups is 2. The molecule has 0 bridgehead atoms. The van der Waals surface area contributed by atoms with Crippen LogP contribution in [0.1, 0.15) is 30.2 Å². The molecule has 4 rings (SSSR count). The highest BCUT2D eigenvalue weighted by Gasteiger charge is 2.42. The van der Waals surface area contributed by atoms with Gasteiger partial charge in [0.15, 0.2) is 23.9 Å². The van der Waals surface area contributed by atoms with E-state index in [0.29, 0.717) is 15.6 Å². The highest BCUT2D eigenvalue weighted by molar-refractivity contribution is 6.33. The molecule has 0 fully saturated rings. The summed E-state index contributed by atoms with van der Waals surface area (Å²) >= 11 is 12.3. The lowest BCUT2D eigenvalue weighted by Crippen LogP contribution is -2.28. The summed E-state index contributed by atoms with van der Waals surface area (Å²) in [7, 11) is 0. The number of nitrogens with zero attached hydrogens (tertiary/aromatic N) is 2. The van der Waals surface area contributed by atoms with Gasteiger partial charge in [-0.1, -0.05) is 29.3 Å².